The van der Waals surface area contributed by atoms with Crippen LogP contribution >= 0.6 is 0 Å². The maximum atomic E-state index is 12.5. The summed E-state index contributed by atoms with van der Waals surface area (Å²) in [6, 6.07) is 9.52. The number of hydrogen-bond acceptors (Lipinski definition) is 7. The summed E-state index contributed by atoms with van der Waals surface area (Å²) >= 11 is 0. The van der Waals surface area contributed by atoms with Gasteiger partial charge in [-0.3, -0.25) is 0 Å². The summed E-state index contributed by atoms with van der Waals surface area (Å²) in [6.07, 6.45) is 0.610. The van der Waals surface area contributed by atoms with E-state index < -0.39 is 17.8 Å². The average molecular weight is 448 g/mol. The number of aromatic hydroxyl groups is 1. The van der Waals surface area contributed by atoms with Crippen LogP contribution in [0.15, 0.2) is 54.8 Å². The summed E-state index contributed by atoms with van der Waals surface area (Å²) in [5, 5.41) is 32.7. The molecule has 0 spiro atoms. The van der Waals surface area contributed by atoms with Crippen molar-refractivity contribution in [3.63, 3.8) is 0 Å². The molecule has 33 heavy (non-hydrogen) atoms. The summed E-state index contributed by atoms with van der Waals surface area (Å²) in [5.41, 5.74) is 2.77. The first kappa shape index (κ1) is 21.4. The number of aliphatic hydroxyl groups is 2. The molecule has 2 heterocycles. The van der Waals surface area contributed by atoms with Crippen molar-refractivity contribution in [3.05, 3.63) is 85.1 Å². The molecule has 4 aromatic rings. The average Bonchev–Trinajstić information content (AvgIpc) is 2.77. The van der Waals surface area contributed by atoms with Crippen LogP contribution in [0.4, 0.5) is 0 Å². The van der Waals surface area contributed by atoms with E-state index in [-0.39, 0.29) is 28.9 Å². The molecular formula is C26H24O7. The number of hydrogen-bond donors (Lipinski definition) is 3. The molecule has 0 fully saturated rings. The molecular weight excluding hydrogens is 424 g/mol. The van der Waals surface area contributed by atoms with Gasteiger partial charge in [0.05, 0.1) is 11.7 Å². The second-order valence-corrected chi connectivity index (χ2v) is 8.78. The minimum atomic E-state index is -1.48. The number of phenols is 1. The van der Waals surface area contributed by atoms with Crippen LogP contribution in [0.1, 0.15) is 46.8 Å². The fraction of sp³-hybridized carbons (Fsp3) is 0.308. The number of aliphatic hydroxyl groups excluding tert-OH is 2. The maximum absolute atomic E-state index is 12.5. The largest absolute Gasteiger partial charge is 0.508 e. The van der Waals surface area contributed by atoms with E-state index in [0.717, 1.165) is 41.3 Å². The van der Waals surface area contributed by atoms with Crippen LogP contribution in [0.3, 0.4) is 0 Å². The summed E-state index contributed by atoms with van der Waals surface area (Å²) in [4.78, 5) is 24.9. The Hall–Kier alpha value is -3.42. The van der Waals surface area contributed by atoms with Crippen molar-refractivity contribution in [2.75, 3.05) is 0 Å². The van der Waals surface area contributed by atoms with Crippen molar-refractivity contribution in [3.8, 4) is 5.75 Å². The van der Waals surface area contributed by atoms with Gasteiger partial charge >= 0.3 is 11.3 Å². The van der Waals surface area contributed by atoms with Crippen LogP contribution < -0.4 is 11.3 Å². The summed E-state index contributed by atoms with van der Waals surface area (Å²) in [5.74, 6) is -0.0414. The Kier molecular flexibility index (Phi) is 5.31. The van der Waals surface area contributed by atoms with Gasteiger partial charge in [0.15, 0.2) is 0 Å². The quantitative estimate of drug-likeness (QED) is 0.409. The smallest absolute Gasteiger partial charge is 0.342 e. The predicted molar refractivity (Wildman–Crippen MR) is 123 cm³/mol. The summed E-state index contributed by atoms with van der Waals surface area (Å²) in [6.45, 7) is 1.87. The van der Waals surface area contributed by atoms with Gasteiger partial charge in [-0.15, -0.1) is 0 Å². The second kappa shape index (κ2) is 8.17. The van der Waals surface area contributed by atoms with Crippen LogP contribution in [0, 0.1) is 6.92 Å². The topological polar surface area (TPSA) is 121 Å². The van der Waals surface area contributed by atoms with Gasteiger partial charge in [-0.05, 0) is 73.6 Å². The summed E-state index contributed by atoms with van der Waals surface area (Å²) in [7, 11) is 0. The van der Waals surface area contributed by atoms with Crippen LogP contribution in [0.5, 0.6) is 5.75 Å². The molecule has 2 atom stereocenters. The van der Waals surface area contributed by atoms with Gasteiger partial charge < -0.3 is 24.2 Å². The first-order valence-corrected chi connectivity index (χ1v) is 11.0. The highest BCUT2D eigenvalue weighted by molar-refractivity contribution is 5.86. The van der Waals surface area contributed by atoms with E-state index in [1.807, 2.05) is 19.1 Å². The monoisotopic (exact) mass is 448 g/mol. The van der Waals surface area contributed by atoms with E-state index in [0.29, 0.717) is 23.0 Å². The van der Waals surface area contributed by atoms with E-state index in [9.17, 15) is 24.9 Å². The number of rotatable bonds is 4. The Morgan fingerprint density at radius 1 is 0.909 bits per heavy atom. The van der Waals surface area contributed by atoms with Gasteiger partial charge in [-0.2, -0.15) is 0 Å². The van der Waals surface area contributed by atoms with Crippen molar-refractivity contribution < 1.29 is 24.2 Å². The number of benzene rings is 2. The lowest BCUT2D eigenvalue weighted by atomic mass is 9.86. The van der Waals surface area contributed by atoms with Gasteiger partial charge in [-0.25, -0.2) is 9.59 Å². The van der Waals surface area contributed by atoms with Crippen molar-refractivity contribution in [1.29, 1.82) is 0 Å². The molecule has 2 aromatic carbocycles. The van der Waals surface area contributed by atoms with Crippen molar-refractivity contribution in [2.45, 2.75) is 51.2 Å². The van der Waals surface area contributed by atoms with Crippen LogP contribution in [-0.2, 0) is 19.3 Å². The van der Waals surface area contributed by atoms with E-state index in [1.165, 1.54) is 18.2 Å². The van der Waals surface area contributed by atoms with E-state index >= 15 is 0 Å². The van der Waals surface area contributed by atoms with Gasteiger partial charge in [0.2, 0.25) is 0 Å². The highest BCUT2D eigenvalue weighted by atomic mass is 16.4. The molecule has 2 unspecified atom stereocenters. The minimum Gasteiger partial charge on any atom is -0.508 e. The highest BCUT2D eigenvalue weighted by Gasteiger charge is 2.26. The highest BCUT2D eigenvalue weighted by Crippen LogP contribution is 2.32. The maximum Gasteiger partial charge on any atom is 0.342 e. The standard InChI is InChI=1S/C26H24O7/c1-13-8-15(23-17-4-2-3-5-18(17)25(30)33-22(23)9-13)11-20(28)24(29)19-10-14-6-7-16(27)12-21(14)32-26(19)31/h6-10,12,20,24,27-29H,2-5,11H2,1H3. The molecule has 3 N–H and O–H groups in total. The number of phenolic OH excluding ortho intramolecular Hbond substituents is 1. The van der Waals surface area contributed by atoms with Crippen LogP contribution in [0.25, 0.3) is 21.9 Å². The third kappa shape index (κ3) is 3.83. The Balaban J connectivity index is 1.55. The van der Waals surface area contributed by atoms with E-state index in [2.05, 4.69) is 0 Å². The Morgan fingerprint density at radius 2 is 1.64 bits per heavy atom. The van der Waals surface area contributed by atoms with Crippen molar-refractivity contribution in [2.24, 2.45) is 0 Å². The minimum absolute atomic E-state index is 0.0414. The molecule has 2 aromatic heterocycles. The lowest BCUT2D eigenvalue weighted by Crippen LogP contribution is -2.26. The Labute approximate surface area is 188 Å². The molecule has 1 aliphatic rings. The molecule has 170 valence electrons. The van der Waals surface area contributed by atoms with Crippen LogP contribution in [0.2, 0.25) is 0 Å². The Bertz CT molecular complexity index is 1500. The fourth-order valence-electron chi connectivity index (χ4n) is 4.84. The molecule has 7 heteroatoms. The lowest BCUT2D eigenvalue weighted by molar-refractivity contribution is 0.0173. The second-order valence-electron chi connectivity index (χ2n) is 8.78. The fourth-order valence-corrected chi connectivity index (χ4v) is 4.84. The zero-order valence-corrected chi connectivity index (χ0v) is 18.1. The third-order valence-electron chi connectivity index (χ3n) is 6.41. The molecule has 0 saturated carbocycles. The summed E-state index contributed by atoms with van der Waals surface area (Å²) < 4.78 is 10.8. The lowest BCUT2D eigenvalue weighted by Gasteiger charge is -2.22. The molecule has 0 bridgehead atoms. The molecule has 0 saturated heterocycles. The molecule has 0 amide bonds. The zero-order valence-electron chi connectivity index (χ0n) is 18.1. The van der Waals surface area contributed by atoms with Gasteiger partial charge in [0.1, 0.15) is 23.0 Å². The molecule has 5 rings (SSSR count). The number of fused-ring (bicyclic) bond motifs is 4. The molecule has 0 aliphatic heterocycles. The first-order valence-electron chi connectivity index (χ1n) is 11.0. The van der Waals surface area contributed by atoms with Gasteiger partial charge in [-0.1, -0.05) is 6.07 Å². The Morgan fingerprint density at radius 3 is 2.42 bits per heavy atom. The van der Waals surface area contributed by atoms with Crippen LogP contribution in [-0.4, -0.2) is 21.4 Å². The number of aryl methyl sites for hydroxylation is 2. The third-order valence-corrected chi connectivity index (χ3v) is 6.41. The van der Waals surface area contributed by atoms with Gasteiger partial charge in [0, 0.05) is 28.8 Å². The predicted octanol–water partition coefficient (Wildman–Crippen LogP) is 3.43. The normalized spacial score (nSPS) is 15.5. The van der Waals surface area contributed by atoms with Gasteiger partial charge in [0.25, 0.3) is 0 Å². The van der Waals surface area contributed by atoms with Crippen molar-refractivity contribution >= 4 is 21.9 Å². The first-order chi connectivity index (χ1) is 15.8. The molecule has 1 aliphatic carbocycles. The molecule has 0 radical (unpaired) electrons. The molecule has 7 nitrogen and oxygen atoms in total. The zero-order chi connectivity index (χ0) is 23.3. The SMILES string of the molecule is Cc1cc(CC(O)C(O)c2cc3ccc(O)cc3oc2=O)c2c3c(c(=O)oc2c1)CCCC3. The van der Waals surface area contributed by atoms with E-state index in [4.69, 9.17) is 8.83 Å². The van der Waals surface area contributed by atoms with E-state index in [1.54, 1.807) is 6.07 Å². The van der Waals surface area contributed by atoms with Crippen molar-refractivity contribution in [1.82, 2.24) is 0 Å².